The Labute approximate surface area is 111 Å². The summed E-state index contributed by atoms with van der Waals surface area (Å²) in [6, 6.07) is 0. The molecule has 104 valence electrons. The first-order valence-corrected chi connectivity index (χ1v) is 7.21. The van der Waals surface area contributed by atoms with Gasteiger partial charge in [-0.25, -0.2) is 0 Å². The Kier molecular flexibility index (Phi) is 8.47. The molecule has 0 aromatic heterocycles. The second-order valence-corrected chi connectivity index (χ2v) is 5.60. The Hall–Kier alpha value is 0.230. The fourth-order valence-electron chi connectivity index (χ4n) is 1.81. The summed E-state index contributed by atoms with van der Waals surface area (Å²) in [6.07, 6.45) is 8.15. The van der Waals surface area contributed by atoms with Gasteiger partial charge in [-0.1, -0.05) is 52.4 Å². The average Bonchev–Trinajstić information content (AvgIpc) is 2.27. The first-order chi connectivity index (χ1) is 7.87. The van der Waals surface area contributed by atoms with Crippen LogP contribution in [0.4, 0.5) is 0 Å². The van der Waals surface area contributed by atoms with Crippen molar-refractivity contribution in [2.45, 2.75) is 82.4 Å². The number of rotatable bonds is 10. The molecule has 0 rings (SSSR count). The van der Waals surface area contributed by atoms with Crippen molar-refractivity contribution < 1.29 is 15.3 Å². The summed E-state index contributed by atoms with van der Waals surface area (Å²) in [4.78, 5) is -1.71. The number of thiol groups is 1. The van der Waals surface area contributed by atoms with Crippen LogP contribution in [0.25, 0.3) is 0 Å². The van der Waals surface area contributed by atoms with Crippen LogP contribution >= 0.6 is 12.6 Å². The van der Waals surface area contributed by atoms with Crippen LogP contribution in [0.5, 0.6) is 0 Å². The second-order valence-electron chi connectivity index (χ2n) is 4.86. The molecule has 3 N–H and O–H groups in total. The molecule has 0 aliphatic carbocycles. The molecule has 1 unspecified atom stereocenters. The zero-order valence-electron chi connectivity index (χ0n) is 11.2. The number of hydrogen-bond acceptors (Lipinski definition) is 4. The molecule has 0 saturated heterocycles. The predicted molar refractivity (Wildman–Crippen MR) is 74.0 cm³/mol. The van der Waals surface area contributed by atoms with E-state index in [1.807, 2.05) is 0 Å². The van der Waals surface area contributed by atoms with Gasteiger partial charge in [-0.2, -0.15) is 0 Å². The normalized spacial score (nSPS) is 15.9. The lowest BCUT2D eigenvalue weighted by Gasteiger charge is -2.35. The molecule has 0 fully saturated rings. The zero-order valence-corrected chi connectivity index (χ0v) is 12.0. The standard InChI is InChI=1S/C13H28O3S/c1-3-5-6-7-8-9-10-11-12(14,15)13(16,17)4-2/h14-17H,3-11H2,1-2H3. The molecule has 17 heavy (non-hydrogen) atoms. The Morgan fingerprint density at radius 2 is 1.29 bits per heavy atom. The molecule has 0 aliphatic heterocycles. The van der Waals surface area contributed by atoms with E-state index in [-0.39, 0.29) is 12.8 Å². The lowest BCUT2D eigenvalue weighted by Crippen LogP contribution is -2.50. The smallest absolute Gasteiger partial charge is 0.201 e. The molecule has 0 heterocycles. The van der Waals surface area contributed by atoms with Crippen molar-refractivity contribution in [1.29, 1.82) is 0 Å². The van der Waals surface area contributed by atoms with Crippen molar-refractivity contribution in [2.24, 2.45) is 0 Å². The van der Waals surface area contributed by atoms with Crippen LogP contribution < -0.4 is 0 Å². The Balaban J connectivity index is 3.66. The molecule has 3 nitrogen and oxygen atoms in total. The minimum Gasteiger partial charge on any atom is -0.374 e. The van der Waals surface area contributed by atoms with Gasteiger partial charge in [0.2, 0.25) is 5.79 Å². The minimum absolute atomic E-state index is 0.175. The van der Waals surface area contributed by atoms with Crippen LogP contribution in [-0.2, 0) is 0 Å². The van der Waals surface area contributed by atoms with E-state index >= 15 is 0 Å². The molecule has 0 radical (unpaired) electrons. The van der Waals surface area contributed by atoms with Crippen molar-refractivity contribution >= 4 is 12.6 Å². The van der Waals surface area contributed by atoms with E-state index in [2.05, 4.69) is 19.6 Å². The van der Waals surface area contributed by atoms with Crippen molar-refractivity contribution in [3.05, 3.63) is 0 Å². The van der Waals surface area contributed by atoms with Gasteiger partial charge >= 0.3 is 0 Å². The van der Waals surface area contributed by atoms with Crippen LogP contribution in [-0.4, -0.2) is 26.0 Å². The topological polar surface area (TPSA) is 60.7 Å². The van der Waals surface area contributed by atoms with Crippen LogP contribution in [0, 0.1) is 0 Å². The van der Waals surface area contributed by atoms with Gasteiger partial charge < -0.3 is 15.3 Å². The molecular formula is C13H28O3S. The van der Waals surface area contributed by atoms with Crippen molar-refractivity contribution in [2.75, 3.05) is 0 Å². The highest BCUT2D eigenvalue weighted by Gasteiger charge is 2.43. The quantitative estimate of drug-likeness (QED) is 0.279. The number of hydrogen-bond donors (Lipinski definition) is 4. The van der Waals surface area contributed by atoms with Crippen LogP contribution in [0.2, 0.25) is 0 Å². The van der Waals surface area contributed by atoms with E-state index in [0.717, 1.165) is 12.8 Å². The van der Waals surface area contributed by atoms with Crippen molar-refractivity contribution in [3.63, 3.8) is 0 Å². The molecule has 0 spiro atoms. The fourth-order valence-corrected chi connectivity index (χ4v) is 1.92. The number of unbranched alkanes of at least 4 members (excludes halogenated alkanes) is 6. The van der Waals surface area contributed by atoms with Gasteiger partial charge in [0.05, 0.1) is 0 Å². The van der Waals surface area contributed by atoms with E-state index in [0.29, 0.717) is 6.42 Å². The van der Waals surface area contributed by atoms with E-state index in [4.69, 9.17) is 0 Å². The summed E-state index contributed by atoms with van der Waals surface area (Å²) in [6.45, 7) is 3.86. The molecule has 0 saturated carbocycles. The Bertz CT molecular complexity index is 193. The number of aliphatic hydroxyl groups is 3. The summed E-state index contributed by atoms with van der Waals surface area (Å²) in [5.41, 5.74) is 0. The zero-order chi connectivity index (χ0) is 13.4. The van der Waals surface area contributed by atoms with E-state index in [1.54, 1.807) is 6.92 Å². The second kappa shape index (κ2) is 8.35. The highest BCUT2D eigenvalue weighted by Crippen LogP contribution is 2.31. The van der Waals surface area contributed by atoms with E-state index in [1.165, 1.54) is 25.7 Å². The maximum absolute atomic E-state index is 9.71. The highest BCUT2D eigenvalue weighted by atomic mass is 32.1. The summed E-state index contributed by atoms with van der Waals surface area (Å²) in [5.74, 6) is -2.09. The molecule has 0 aromatic carbocycles. The maximum atomic E-state index is 9.71. The average molecular weight is 264 g/mol. The van der Waals surface area contributed by atoms with E-state index < -0.39 is 10.7 Å². The van der Waals surface area contributed by atoms with Gasteiger partial charge in [0.15, 0.2) is 4.93 Å². The van der Waals surface area contributed by atoms with Gasteiger partial charge in [-0.3, -0.25) is 0 Å². The lowest BCUT2D eigenvalue weighted by molar-refractivity contribution is -0.243. The SMILES string of the molecule is CCCCCCCCCC(O)(O)C(O)(S)CC. The monoisotopic (exact) mass is 264 g/mol. The summed E-state index contributed by atoms with van der Waals surface area (Å²) < 4.78 is 0. The summed E-state index contributed by atoms with van der Waals surface area (Å²) >= 11 is 3.89. The van der Waals surface area contributed by atoms with Gasteiger partial charge in [-0.15, -0.1) is 12.6 Å². The summed E-state index contributed by atoms with van der Waals surface area (Å²) in [7, 11) is 0. The maximum Gasteiger partial charge on any atom is 0.201 e. The first kappa shape index (κ1) is 17.2. The lowest BCUT2D eigenvalue weighted by atomic mass is 9.98. The Morgan fingerprint density at radius 1 is 0.824 bits per heavy atom. The molecule has 0 amide bonds. The third-order valence-electron chi connectivity index (χ3n) is 3.26. The molecule has 0 bridgehead atoms. The fraction of sp³-hybridized carbons (Fsp3) is 1.00. The first-order valence-electron chi connectivity index (χ1n) is 6.77. The third-order valence-corrected chi connectivity index (χ3v) is 3.94. The van der Waals surface area contributed by atoms with E-state index in [9.17, 15) is 15.3 Å². The predicted octanol–water partition coefficient (Wildman–Crippen LogP) is 2.84. The van der Waals surface area contributed by atoms with Gasteiger partial charge in [0.25, 0.3) is 0 Å². The Morgan fingerprint density at radius 3 is 1.76 bits per heavy atom. The third kappa shape index (κ3) is 6.65. The summed E-state index contributed by atoms with van der Waals surface area (Å²) in [5, 5.41) is 29.1. The van der Waals surface area contributed by atoms with Gasteiger partial charge in [0.1, 0.15) is 0 Å². The van der Waals surface area contributed by atoms with Gasteiger partial charge in [-0.05, 0) is 12.8 Å². The van der Waals surface area contributed by atoms with Crippen LogP contribution in [0.15, 0.2) is 0 Å². The molecular weight excluding hydrogens is 236 g/mol. The van der Waals surface area contributed by atoms with Crippen molar-refractivity contribution in [3.8, 4) is 0 Å². The highest BCUT2D eigenvalue weighted by molar-refractivity contribution is 7.81. The largest absolute Gasteiger partial charge is 0.374 e. The molecule has 0 aliphatic rings. The van der Waals surface area contributed by atoms with Crippen LogP contribution in [0.1, 0.15) is 71.6 Å². The van der Waals surface area contributed by atoms with Crippen molar-refractivity contribution in [1.82, 2.24) is 0 Å². The van der Waals surface area contributed by atoms with Gasteiger partial charge in [0, 0.05) is 6.42 Å². The minimum atomic E-state index is -2.09. The molecule has 0 aromatic rings. The van der Waals surface area contributed by atoms with Crippen LogP contribution in [0.3, 0.4) is 0 Å². The molecule has 4 heteroatoms. The molecule has 1 atom stereocenters.